The molecule has 0 bridgehead atoms. The molecule has 2 aromatic heterocycles. The minimum Gasteiger partial charge on any atom is -0.387 e. The van der Waals surface area contributed by atoms with Gasteiger partial charge in [-0.25, -0.2) is 4.98 Å². The topological polar surface area (TPSA) is 88.2 Å². The number of fused-ring (bicyclic) bond motifs is 1. The SMILES string of the molecule is Cc1cc(C(=O)NCC(O)c2ccc(Cl)cc2)c2c(C)noc2n1. The number of halogens is 1. The van der Waals surface area contributed by atoms with Gasteiger partial charge in [-0.3, -0.25) is 4.79 Å². The highest BCUT2D eigenvalue weighted by Gasteiger charge is 2.18. The van der Waals surface area contributed by atoms with E-state index in [1.807, 2.05) is 0 Å². The summed E-state index contributed by atoms with van der Waals surface area (Å²) in [5.41, 5.74) is 2.69. The zero-order valence-corrected chi connectivity index (χ0v) is 14.0. The average Bonchev–Trinajstić information content (AvgIpc) is 2.93. The van der Waals surface area contributed by atoms with Crippen molar-refractivity contribution in [2.45, 2.75) is 20.0 Å². The first-order valence-corrected chi connectivity index (χ1v) is 7.79. The van der Waals surface area contributed by atoms with Gasteiger partial charge in [0.15, 0.2) is 0 Å². The number of pyridine rings is 1. The lowest BCUT2D eigenvalue weighted by atomic mass is 10.1. The Balaban J connectivity index is 1.78. The van der Waals surface area contributed by atoms with Gasteiger partial charge in [-0.05, 0) is 37.6 Å². The van der Waals surface area contributed by atoms with Crippen LogP contribution in [0, 0.1) is 13.8 Å². The second-order valence-electron chi connectivity index (χ2n) is 5.54. The van der Waals surface area contributed by atoms with E-state index >= 15 is 0 Å². The lowest BCUT2D eigenvalue weighted by Crippen LogP contribution is -2.28. The van der Waals surface area contributed by atoms with Gasteiger partial charge in [-0.1, -0.05) is 28.9 Å². The third-order valence-corrected chi connectivity index (χ3v) is 3.95. The predicted octanol–water partition coefficient (Wildman–Crippen LogP) is 2.96. The molecule has 0 aliphatic rings. The van der Waals surface area contributed by atoms with Gasteiger partial charge >= 0.3 is 0 Å². The highest BCUT2D eigenvalue weighted by atomic mass is 35.5. The number of hydrogen-bond donors (Lipinski definition) is 2. The number of aliphatic hydroxyl groups is 1. The number of nitrogens with one attached hydrogen (secondary N) is 1. The molecule has 6 nitrogen and oxygen atoms in total. The molecule has 0 fully saturated rings. The van der Waals surface area contributed by atoms with Gasteiger partial charge in [0.05, 0.1) is 22.7 Å². The fraction of sp³-hybridized carbons (Fsp3) is 0.235. The van der Waals surface area contributed by atoms with Gasteiger partial charge in [0.2, 0.25) is 0 Å². The molecule has 1 atom stereocenters. The van der Waals surface area contributed by atoms with Gasteiger partial charge in [0, 0.05) is 17.3 Å². The normalized spacial score (nSPS) is 12.3. The molecule has 124 valence electrons. The number of aliphatic hydroxyl groups excluding tert-OH is 1. The van der Waals surface area contributed by atoms with E-state index in [1.54, 1.807) is 44.2 Å². The largest absolute Gasteiger partial charge is 0.387 e. The van der Waals surface area contributed by atoms with Gasteiger partial charge < -0.3 is 14.9 Å². The van der Waals surface area contributed by atoms with Crippen LogP contribution in [0.3, 0.4) is 0 Å². The number of hydrogen-bond acceptors (Lipinski definition) is 5. The molecule has 3 rings (SSSR count). The molecule has 0 spiro atoms. The molecule has 0 aliphatic carbocycles. The van der Waals surface area contributed by atoms with Crippen molar-refractivity contribution < 1.29 is 14.4 Å². The zero-order chi connectivity index (χ0) is 17.3. The van der Waals surface area contributed by atoms with Crippen molar-refractivity contribution in [3.63, 3.8) is 0 Å². The molecule has 24 heavy (non-hydrogen) atoms. The predicted molar refractivity (Wildman–Crippen MR) is 90.0 cm³/mol. The number of amides is 1. The van der Waals surface area contributed by atoms with Crippen LogP contribution in [-0.2, 0) is 0 Å². The van der Waals surface area contributed by atoms with E-state index < -0.39 is 6.10 Å². The molecule has 3 aromatic rings. The molecule has 1 amide bonds. The van der Waals surface area contributed by atoms with Crippen LogP contribution in [0.1, 0.15) is 33.4 Å². The second-order valence-corrected chi connectivity index (χ2v) is 5.97. The lowest BCUT2D eigenvalue weighted by Gasteiger charge is -2.13. The summed E-state index contributed by atoms with van der Waals surface area (Å²) >= 11 is 5.83. The summed E-state index contributed by atoms with van der Waals surface area (Å²) < 4.78 is 5.12. The van der Waals surface area contributed by atoms with E-state index in [4.69, 9.17) is 16.1 Å². The van der Waals surface area contributed by atoms with Crippen molar-refractivity contribution in [3.8, 4) is 0 Å². The molecule has 1 unspecified atom stereocenters. The molecule has 0 saturated carbocycles. The Kier molecular flexibility index (Phi) is 4.51. The molecule has 1 aromatic carbocycles. The maximum absolute atomic E-state index is 12.5. The van der Waals surface area contributed by atoms with Crippen LogP contribution in [0.4, 0.5) is 0 Å². The van der Waals surface area contributed by atoms with E-state index in [1.165, 1.54) is 0 Å². The molecule has 0 aliphatic heterocycles. The van der Waals surface area contributed by atoms with Crippen molar-refractivity contribution in [2.75, 3.05) is 6.54 Å². The Bertz CT molecular complexity index is 890. The van der Waals surface area contributed by atoms with Gasteiger partial charge in [0.1, 0.15) is 0 Å². The summed E-state index contributed by atoms with van der Waals surface area (Å²) in [5, 5.41) is 17.9. The summed E-state index contributed by atoms with van der Waals surface area (Å²) in [5.74, 6) is -0.315. The molecule has 2 heterocycles. The van der Waals surface area contributed by atoms with Crippen LogP contribution in [0.25, 0.3) is 11.1 Å². The number of nitrogens with zero attached hydrogens (tertiary/aromatic N) is 2. The molecule has 2 N–H and O–H groups in total. The smallest absolute Gasteiger partial charge is 0.258 e. The van der Waals surface area contributed by atoms with Gasteiger partial charge in [0.25, 0.3) is 11.6 Å². The number of carbonyl (C=O) groups excluding carboxylic acids is 1. The Hall–Kier alpha value is -2.44. The van der Waals surface area contributed by atoms with Crippen molar-refractivity contribution in [1.29, 1.82) is 0 Å². The molecular weight excluding hydrogens is 330 g/mol. The van der Waals surface area contributed by atoms with Crippen molar-refractivity contribution in [3.05, 3.63) is 57.9 Å². The second kappa shape index (κ2) is 6.59. The number of aromatic nitrogens is 2. The number of benzene rings is 1. The lowest BCUT2D eigenvalue weighted by molar-refractivity contribution is 0.0917. The zero-order valence-electron chi connectivity index (χ0n) is 13.2. The van der Waals surface area contributed by atoms with E-state index in [0.29, 0.717) is 38.6 Å². The third-order valence-electron chi connectivity index (χ3n) is 3.70. The standard InChI is InChI=1S/C17H16ClN3O3/c1-9-7-13(15-10(2)21-24-17(15)20-9)16(23)19-8-14(22)11-3-5-12(18)6-4-11/h3-7,14,22H,8H2,1-2H3,(H,19,23). The highest BCUT2D eigenvalue weighted by Crippen LogP contribution is 2.22. The van der Waals surface area contributed by atoms with Crippen LogP contribution in [-0.4, -0.2) is 27.7 Å². The quantitative estimate of drug-likeness (QED) is 0.759. The Morgan fingerprint density at radius 3 is 2.75 bits per heavy atom. The molecular formula is C17H16ClN3O3. The van der Waals surface area contributed by atoms with E-state index in [0.717, 1.165) is 0 Å². The first kappa shape index (κ1) is 16.4. The number of aryl methyl sites for hydroxylation is 2. The van der Waals surface area contributed by atoms with E-state index in [2.05, 4.69) is 15.5 Å². The van der Waals surface area contributed by atoms with Crippen molar-refractivity contribution in [1.82, 2.24) is 15.5 Å². The van der Waals surface area contributed by atoms with Crippen LogP contribution >= 0.6 is 11.6 Å². The van der Waals surface area contributed by atoms with Crippen LogP contribution in [0.15, 0.2) is 34.9 Å². The summed E-state index contributed by atoms with van der Waals surface area (Å²) in [6.07, 6.45) is -0.826. The van der Waals surface area contributed by atoms with Crippen LogP contribution < -0.4 is 5.32 Å². The van der Waals surface area contributed by atoms with Crippen LogP contribution in [0.2, 0.25) is 5.02 Å². The first-order valence-electron chi connectivity index (χ1n) is 7.41. The number of rotatable bonds is 4. The summed E-state index contributed by atoms with van der Waals surface area (Å²) in [6, 6.07) is 8.50. The average molecular weight is 346 g/mol. The van der Waals surface area contributed by atoms with Gasteiger partial charge in [-0.15, -0.1) is 0 Å². The molecule has 0 radical (unpaired) electrons. The maximum Gasteiger partial charge on any atom is 0.258 e. The van der Waals surface area contributed by atoms with Gasteiger partial charge in [-0.2, -0.15) is 0 Å². The van der Waals surface area contributed by atoms with E-state index in [-0.39, 0.29) is 12.5 Å². The first-order chi connectivity index (χ1) is 11.5. The Morgan fingerprint density at radius 1 is 1.33 bits per heavy atom. The van der Waals surface area contributed by atoms with E-state index in [9.17, 15) is 9.90 Å². The summed E-state index contributed by atoms with van der Waals surface area (Å²) in [6.45, 7) is 3.60. The van der Waals surface area contributed by atoms with Crippen molar-refractivity contribution in [2.24, 2.45) is 0 Å². The van der Waals surface area contributed by atoms with Crippen LogP contribution in [0.5, 0.6) is 0 Å². The summed E-state index contributed by atoms with van der Waals surface area (Å²) in [7, 11) is 0. The highest BCUT2D eigenvalue weighted by molar-refractivity contribution is 6.30. The fourth-order valence-electron chi connectivity index (χ4n) is 2.48. The minimum atomic E-state index is -0.826. The Labute approximate surface area is 143 Å². The maximum atomic E-state index is 12.5. The Morgan fingerprint density at radius 2 is 2.04 bits per heavy atom. The number of carbonyl (C=O) groups is 1. The fourth-order valence-corrected chi connectivity index (χ4v) is 2.61. The summed E-state index contributed by atoms with van der Waals surface area (Å²) in [4.78, 5) is 16.7. The molecule has 0 saturated heterocycles. The minimum absolute atomic E-state index is 0.0770. The third kappa shape index (κ3) is 3.25. The monoisotopic (exact) mass is 345 g/mol. The molecule has 7 heteroatoms. The van der Waals surface area contributed by atoms with Crippen molar-refractivity contribution >= 4 is 28.6 Å².